The van der Waals surface area contributed by atoms with Gasteiger partial charge >= 0.3 is 0 Å². The van der Waals surface area contributed by atoms with E-state index in [1.54, 1.807) is 0 Å². The fourth-order valence-corrected chi connectivity index (χ4v) is 0.917. The summed E-state index contributed by atoms with van der Waals surface area (Å²) < 4.78 is 4.97. The molecule has 1 heterocycles. The van der Waals surface area contributed by atoms with Crippen molar-refractivity contribution in [2.24, 2.45) is 0 Å². The largest absolute Gasteiger partial charge is 0.440 e. The van der Waals surface area contributed by atoms with Crippen LogP contribution in [0.3, 0.4) is 0 Å². The van der Waals surface area contributed by atoms with Crippen LogP contribution in [0.5, 0.6) is 0 Å². The lowest BCUT2D eigenvalue weighted by Crippen LogP contribution is -2.31. The first-order chi connectivity index (χ1) is 6.67. The van der Waals surface area contributed by atoms with E-state index in [0.717, 1.165) is 6.42 Å². The monoisotopic (exact) mass is 192 g/mol. The van der Waals surface area contributed by atoms with E-state index in [-0.39, 0.29) is 23.5 Å². The molecule has 1 unspecified atom stereocenters. The van der Waals surface area contributed by atoms with Gasteiger partial charge < -0.3 is 9.73 Å². The van der Waals surface area contributed by atoms with Crippen molar-refractivity contribution in [2.75, 3.05) is 0 Å². The molecule has 4 nitrogen and oxygen atoms in total. The van der Waals surface area contributed by atoms with Gasteiger partial charge in [0.05, 0.1) is 0 Å². The summed E-state index contributed by atoms with van der Waals surface area (Å²) in [6.45, 7) is 3.89. The van der Waals surface area contributed by atoms with Crippen LogP contribution in [0.4, 0.5) is 0 Å². The second kappa shape index (κ2) is 4.47. The molecule has 1 aromatic rings. The number of amides is 1. The van der Waals surface area contributed by atoms with Crippen molar-refractivity contribution >= 4 is 5.91 Å². The third-order valence-corrected chi connectivity index (χ3v) is 1.93. The van der Waals surface area contributed by atoms with Crippen LogP contribution in [-0.2, 0) is 0 Å². The van der Waals surface area contributed by atoms with Crippen molar-refractivity contribution < 1.29 is 9.21 Å². The summed E-state index contributed by atoms with van der Waals surface area (Å²) in [6, 6.07) is 4.91. The highest BCUT2D eigenvalue weighted by atomic mass is 16.3. The molecule has 74 valence electrons. The third-order valence-electron chi connectivity index (χ3n) is 1.93. The summed E-state index contributed by atoms with van der Waals surface area (Å²) in [7, 11) is 0. The Morgan fingerprint density at radius 2 is 2.43 bits per heavy atom. The molecule has 0 spiro atoms. The predicted octanol–water partition coefficient (Wildman–Crippen LogP) is 1.68. The van der Waals surface area contributed by atoms with Crippen LogP contribution < -0.4 is 5.32 Å². The van der Waals surface area contributed by atoms with Gasteiger partial charge in [0.25, 0.3) is 5.91 Å². The van der Waals surface area contributed by atoms with Gasteiger partial charge in [0.1, 0.15) is 6.07 Å². The van der Waals surface area contributed by atoms with E-state index in [1.807, 2.05) is 19.9 Å². The number of hydrogen-bond acceptors (Lipinski definition) is 3. The summed E-state index contributed by atoms with van der Waals surface area (Å²) >= 11 is 0. The van der Waals surface area contributed by atoms with Crippen LogP contribution in [0.15, 0.2) is 16.5 Å². The lowest BCUT2D eigenvalue weighted by Gasteiger charge is -2.08. The number of furan rings is 1. The summed E-state index contributed by atoms with van der Waals surface area (Å²) in [6.07, 6.45) is 0.859. The van der Waals surface area contributed by atoms with Gasteiger partial charge in [-0.2, -0.15) is 5.26 Å². The van der Waals surface area contributed by atoms with Gasteiger partial charge in [-0.15, -0.1) is 0 Å². The first kappa shape index (κ1) is 10.3. The summed E-state index contributed by atoms with van der Waals surface area (Å²) in [5.41, 5.74) is 0. The third kappa shape index (κ3) is 2.36. The van der Waals surface area contributed by atoms with Crippen molar-refractivity contribution in [3.05, 3.63) is 23.7 Å². The lowest BCUT2D eigenvalue weighted by atomic mass is 10.2. The van der Waals surface area contributed by atoms with E-state index in [4.69, 9.17) is 9.68 Å². The fraction of sp³-hybridized carbons (Fsp3) is 0.400. The molecule has 0 saturated carbocycles. The maximum atomic E-state index is 11.4. The summed E-state index contributed by atoms with van der Waals surface area (Å²) in [4.78, 5) is 11.4. The van der Waals surface area contributed by atoms with Crippen LogP contribution in [0.25, 0.3) is 0 Å². The Kier molecular flexibility index (Phi) is 3.29. The molecular formula is C10H12N2O2. The van der Waals surface area contributed by atoms with E-state index in [0.29, 0.717) is 0 Å². The Labute approximate surface area is 82.5 Å². The second-order valence-corrected chi connectivity index (χ2v) is 3.06. The minimum absolute atomic E-state index is 0.109. The molecular weight excluding hydrogens is 180 g/mol. The smallest absolute Gasteiger partial charge is 0.287 e. The Morgan fingerprint density at radius 3 is 2.93 bits per heavy atom. The minimum Gasteiger partial charge on any atom is -0.440 e. The lowest BCUT2D eigenvalue weighted by molar-refractivity contribution is 0.0910. The Morgan fingerprint density at radius 1 is 1.71 bits per heavy atom. The molecule has 0 aromatic carbocycles. The molecule has 0 aliphatic rings. The molecule has 1 amide bonds. The van der Waals surface area contributed by atoms with Crippen molar-refractivity contribution in [1.29, 1.82) is 5.26 Å². The molecule has 1 atom stereocenters. The zero-order valence-electron chi connectivity index (χ0n) is 8.20. The van der Waals surface area contributed by atoms with Crippen molar-refractivity contribution in [1.82, 2.24) is 5.32 Å². The molecule has 0 radical (unpaired) electrons. The van der Waals surface area contributed by atoms with E-state index in [2.05, 4.69) is 5.32 Å². The quantitative estimate of drug-likeness (QED) is 0.792. The molecule has 1 rings (SSSR count). The molecule has 0 saturated heterocycles. The first-order valence-electron chi connectivity index (χ1n) is 4.48. The van der Waals surface area contributed by atoms with Gasteiger partial charge in [-0.1, -0.05) is 6.92 Å². The van der Waals surface area contributed by atoms with Crippen LogP contribution in [0, 0.1) is 11.3 Å². The Hall–Kier alpha value is -1.76. The zero-order chi connectivity index (χ0) is 10.6. The number of carbonyl (C=O) groups is 1. The van der Waals surface area contributed by atoms with E-state index >= 15 is 0 Å². The highest BCUT2D eigenvalue weighted by Crippen LogP contribution is 2.06. The SMILES string of the molecule is CCC(C)NC(=O)c1ccc(C#N)o1. The Bertz CT molecular complexity index is 362. The number of hydrogen-bond donors (Lipinski definition) is 1. The summed E-state index contributed by atoms with van der Waals surface area (Å²) in [5.74, 6) is 0.0574. The Balaban J connectivity index is 2.66. The normalized spacial score (nSPS) is 11.8. The number of nitrogens with zero attached hydrogens (tertiary/aromatic N) is 1. The standard InChI is InChI=1S/C10H12N2O2/c1-3-7(2)12-10(13)9-5-4-8(6-11)14-9/h4-5,7H,3H2,1-2H3,(H,12,13). The van der Waals surface area contributed by atoms with Crippen molar-refractivity contribution in [3.8, 4) is 6.07 Å². The molecule has 0 bridgehead atoms. The molecule has 0 aliphatic heterocycles. The molecule has 0 aliphatic carbocycles. The van der Waals surface area contributed by atoms with Crippen molar-refractivity contribution in [3.63, 3.8) is 0 Å². The van der Waals surface area contributed by atoms with Crippen LogP contribution >= 0.6 is 0 Å². The second-order valence-electron chi connectivity index (χ2n) is 3.06. The van der Waals surface area contributed by atoms with Crippen LogP contribution in [0.2, 0.25) is 0 Å². The predicted molar refractivity (Wildman–Crippen MR) is 50.6 cm³/mol. The van der Waals surface area contributed by atoms with E-state index in [9.17, 15) is 4.79 Å². The maximum Gasteiger partial charge on any atom is 0.287 e. The van der Waals surface area contributed by atoms with Gasteiger partial charge in [0.2, 0.25) is 5.76 Å². The zero-order valence-corrected chi connectivity index (χ0v) is 8.20. The highest BCUT2D eigenvalue weighted by Gasteiger charge is 2.12. The number of nitrogens with one attached hydrogen (secondary N) is 1. The molecule has 1 aromatic heterocycles. The molecule has 4 heteroatoms. The van der Waals surface area contributed by atoms with Gasteiger partial charge in [-0.05, 0) is 25.5 Å². The minimum atomic E-state index is -0.277. The molecule has 1 N–H and O–H groups in total. The number of carbonyl (C=O) groups excluding carboxylic acids is 1. The van der Waals surface area contributed by atoms with Gasteiger partial charge in [-0.25, -0.2) is 0 Å². The number of nitriles is 1. The van der Waals surface area contributed by atoms with Crippen molar-refractivity contribution in [2.45, 2.75) is 26.3 Å². The van der Waals surface area contributed by atoms with E-state index < -0.39 is 0 Å². The van der Waals surface area contributed by atoms with Crippen LogP contribution in [0.1, 0.15) is 36.6 Å². The maximum absolute atomic E-state index is 11.4. The average Bonchev–Trinajstić information content (AvgIpc) is 2.65. The first-order valence-corrected chi connectivity index (χ1v) is 4.48. The highest BCUT2D eigenvalue weighted by molar-refractivity contribution is 5.91. The topological polar surface area (TPSA) is 66.0 Å². The van der Waals surface area contributed by atoms with Crippen LogP contribution in [-0.4, -0.2) is 11.9 Å². The molecule has 14 heavy (non-hydrogen) atoms. The van der Waals surface area contributed by atoms with Gasteiger partial charge in [0.15, 0.2) is 5.76 Å². The number of rotatable bonds is 3. The molecule has 0 fully saturated rings. The van der Waals surface area contributed by atoms with Gasteiger partial charge in [-0.3, -0.25) is 4.79 Å². The fourth-order valence-electron chi connectivity index (χ4n) is 0.917. The summed E-state index contributed by atoms with van der Waals surface area (Å²) in [5, 5.41) is 11.2. The average molecular weight is 192 g/mol. The van der Waals surface area contributed by atoms with Gasteiger partial charge in [0, 0.05) is 6.04 Å². The van der Waals surface area contributed by atoms with E-state index in [1.165, 1.54) is 12.1 Å².